The molecule has 0 radical (unpaired) electrons. The van der Waals surface area contributed by atoms with Crippen molar-refractivity contribution in [3.8, 4) is 11.3 Å². The van der Waals surface area contributed by atoms with Gasteiger partial charge in [0.2, 0.25) is 5.89 Å². The lowest BCUT2D eigenvalue weighted by Crippen LogP contribution is -1.79. The maximum atomic E-state index is 5.60. The first-order chi connectivity index (χ1) is 10.4. The summed E-state index contributed by atoms with van der Waals surface area (Å²) in [5.41, 5.74) is 1.89. The number of hydrogen-bond donors (Lipinski definition) is 0. The van der Waals surface area contributed by atoms with Crippen molar-refractivity contribution in [1.82, 2.24) is 15.4 Å². The summed E-state index contributed by atoms with van der Waals surface area (Å²) >= 11 is 1.49. The Morgan fingerprint density at radius 1 is 1.14 bits per heavy atom. The third kappa shape index (κ3) is 2.85. The highest BCUT2D eigenvalue weighted by molar-refractivity contribution is 7.98. The number of hydrogen-bond acceptors (Lipinski definition) is 6. The Morgan fingerprint density at radius 3 is 2.81 bits per heavy atom. The van der Waals surface area contributed by atoms with Gasteiger partial charge in [0, 0.05) is 23.3 Å². The Hall–Kier alpha value is -2.08. The van der Waals surface area contributed by atoms with Crippen LogP contribution in [0.1, 0.15) is 30.3 Å². The molecule has 2 aromatic heterocycles. The summed E-state index contributed by atoms with van der Waals surface area (Å²) in [6.45, 7) is 0. The predicted molar refractivity (Wildman–Crippen MR) is 77.8 cm³/mol. The zero-order valence-electron chi connectivity index (χ0n) is 11.2. The average Bonchev–Trinajstić information content (AvgIpc) is 3.09. The molecule has 21 heavy (non-hydrogen) atoms. The van der Waals surface area contributed by atoms with Gasteiger partial charge < -0.3 is 8.94 Å². The van der Waals surface area contributed by atoms with Crippen LogP contribution in [0.4, 0.5) is 0 Å². The molecule has 0 bridgehead atoms. The molecule has 0 saturated heterocycles. The highest BCUT2D eigenvalue weighted by Gasteiger charge is 2.29. The van der Waals surface area contributed by atoms with Gasteiger partial charge in [-0.1, -0.05) is 47.3 Å². The summed E-state index contributed by atoms with van der Waals surface area (Å²) < 4.78 is 11.0. The van der Waals surface area contributed by atoms with Crippen molar-refractivity contribution in [1.29, 1.82) is 0 Å². The van der Waals surface area contributed by atoms with Crippen molar-refractivity contribution in [3.05, 3.63) is 48.0 Å². The number of aromatic nitrogens is 3. The molecule has 1 fully saturated rings. The molecule has 0 atom stereocenters. The van der Waals surface area contributed by atoms with Gasteiger partial charge in [0.25, 0.3) is 5.22 Å². The van der Waals surface area contributed by atoms with Gasteiger partial charge >= 0.3 is 0 Å². The summed E-state index contributed by atoms with van der Waals surface area (Å²) in [6, 6.07) is 11.9. The monoisotopic (exact) mass is 299 g/mol. The molecule has 6 heteroatoms. The minimum Gasteiger partial charge on any atom is -0.416 e. The Labute approximate surface area is 125 Å². The van der Waals surface area contributed by atoms with Crippen molar-refractivity contribution in [3.63, 3.8) is 0 Å². The van der Waals surface area contributed by atoms with Gasteiger partial charge in [-0.05, 0) is 12.8 Å². The quantitative estimate of drug-likeness (QED) is 0.666. The van der Waals surface area contributed by atoms with Crippen LogP contribution in [0.15, 0.2) is 50.6 Å². The van der Waals surface area contributed by atoms with E-state index in [-0.39, 0.29) is 0 Å². The van der Waals surface area contributed by atoms with Gasteiger partial charge in [0.05, 0.1) is 5.69 Å². The molecule has 5 nitrogen and oxygen atoms in total. The van der Waals surface area contributed by atoms with Crippen LogP contribution in [-0.2, 0) is 5.75 Å². The van der Waals surface area contributed by atoms with Crippen LogP contribution in [0.3, 0.4) is 0 Å². The van der Waals surface area contributed by atoms with Crippen molar-refractivity contribution in [2.24, 2.45) is 0 Å². The molecule has 106 valence electrons. The van der Waals surface area contributed by atoms with E-state index in [1.165, 1.54) is 11.8 Å². The molecule has 3 aromatic rings. The molecule has 1 aliphatic rings. The number of rotatable bonds is 5. The van der Waals surface area contributed by atoms with Gasteiger partial charge in [-0.2, -0.15) is 0 Å². The SMILES string of the molecule is c1ccc(-c2cc(CSc3nnc(C4CC4)o3)no2)cc1. The van der Waals surface area contributed by atoms with Crippen LogP contribution in [0.2, 0.25) is 0 Å². The summed E-state index contributed by atoms with van der Waals surface area (Å²) in [6.07, 6.45) is 2.33. The second-order valence-electron chi connectivity index (χ2n) is 5.02. The third-order valence-corrected chi connectivity index (χ3v) is 4.16. The second kappa shape index (κ2) is 5.37. The lowest BCUT2D eigenvalue weighted by molar-refractivity contribution is 0.413. The largest absolute Gasteiger partial charge is 0.416 e. The third-order valence-electron chi connectivity index (χ3n) is 3.31. The van der Waals surface area contributed by atoms with E-state index in [9.17, 15) is 0 Å². The van der Waals surface area contributed by atoms with Crippen molar-refractivity contribution in [2.75, 3.05) is 0 Å². The Balaban J connectivity index is 1.41. The summed E-state index contributed by atoms with van der Waals surface area (Å²) in [4.78, 5) is 0. The molecule has 0 spiro atoms. The molecule has 4 rings (SSSR count). The zero-order valence-corrected chi connectivity index (χ0v) is 12.0. The topological polar surface area (TPSA) is 65.0 Å². The van der Waals surface area contributed by atoms with Crippen molar-refractivity contribution >= 4 is 11.8 Å². The standard InChI is InChI=1S/C15H13N3O2S/c1-2-4-10(5-3-1)13-8-12(18-20-13)9-21-15-17-16-14(19-15)11-6-7-11/h1-5,8,11H,6-7,9H2. The van der Waals surface area contributed by atoms with Crippen molar-refractivity contribution < 1.29 is 8.94 Å². The molecule has 2 heterocycles. The van der Waals surface area contributed by atoms with E-state index >= 15 is 0 Å². The maximum Gasteiger partial charge on any atom is 0.276 e. The van der Waals surface area contributed by atoms with E-state index in [0.717, 1.165) is 35.7 Å². The number of benzene rings is 1. The van der Waals surface area contributed by atoms with E-state index in [4.69, 9.17) is 8.94 Å². The van der Waals surface area contributed by atoms with Crippen LogP contribution >= 0.6 is 11.8 Å². The van der Waals surface area contributed by atoms with Gasteiger partial charge in [0.15, 0.2) is 5.76 Å². The lowest BCUT2D eigenvalue weighted by atomic mass is 10.2. The zero-order chi connectivity index (χ0) is 14.1. The van der Waals surface area contributed by atoms with E-state index in [1.54, 1.807) is 0 Å². The van der Waals surface area contributed by atoms with Crippen LogP contribution in [-0.4, -0.2) is 15.4 Å². The first-order valence-electron chi connectivity index (χ1n) is 6.86. The summed E-state index contributed by atoms with van der Waals surface area (Å²) in [5, 5.41) is 12.8. The summed E-state index contributed by atoms with van der Waals surface area (Å²) in [7, 11) is 0. The number of nitrogens with zero attached hydrogens (tertiary/aromatic N) is 3. The molecule has 0 N–H and O–H groups in total. The minimum atomic E-state index is 0.489. The van der Waals surface area contributed by atoms with E-state index < -0.39 is 0 Å². The smallest absolute Gasteiger partial charge is 0.276 e. The fourth-order valence-corrected chi connectivity index (χ4v) is 2.68. The van der Waals surface area contributed by atoms with E-state index in [1.807, 2.05) is 36.4 Å². The Bertz CT molecular complexity index is 734. The minimum absolute atomic E-state index is 0.489. The highest BCUT2D eigenvalue weighted by Crippen LogP contribution is 2.40. The van der Waals surface area contributed by atoms with Gasteiger partial charge in [-0.25, -0.2) is 0 Å². The molecule has 1 aliphatic carbocycles. The van der Waals surface area contributed by atoms with Gasteiger partial charge in [-0.3, -0.25) is 0 Å². The van der Waals surface area contributed by atoms with Crippen LogP contribution < -0.4 is 0 Å². The fourth-order valence-electron chi connectivity index (χ4n) is 2.03. The molecular formula is C15H13N3O2S. The van der Waals surface area contributed by atoms with E-state index in [2.05, 4.69) is 15.4 Å². The maximum absolute atomic E-state index is 5.60. The first-order valence-corrected chi connectivity index (χ1v) is 7.84. The molecular weight excluding hydrogens is 286 g/mol. The Kier molecular flexibility index (Phi) is 3.23. The highest BCUT2D eigenvalue weighted by atomic mass is 32.2. The normalized spacial score (nSPS) is 14.5. The lowest BCUT2D eigenvalue weighted by Gasteiger charge is -1.92. The average molecular weight is 299 g/mol. The van der Waals surface area contributed by atoms with Crippen molar-refractivity contribution in [2.45, 2.75) is 29.7 Å². The molecule has 1 saturated carbocycles. The van der Waals surface area contributed by atoms with Gasteiger partial charge in [-0.15, -0.1) is 10.2 Å². The Morgan fingerprint density at radius 2 is 2.00 bits per heavy atom. The fraction of sp³-hybridized carbons (Fsp3) is 0.267. The second-order valence-corrected chi connectivity index (χ2v) is 5.94. The predicted octanol–water partition coefficient (Wildman–Crippen LogP) is 3.89. The van der Waals surface area contributed by atoms with Crippen LogP contribution in [0.25, 0.3) is 11.3 Å². The number of thioether (sulfide) groups is 1. The molecule has 0 amide bonds. The van der Waals surface area contributed by atoms with Crippen LogP contribution in [0, 0.1) is 0 Å². The molecule has 0 aliphatic heterocycles. The first kappa shape index (κ1) is 12.6. The van der Waals surface area contributed by atoms with E-state index in [0.29, 0.717) is 16.9 Å². The molecule has 0 unspecified atom stereocenters. The van der Waals surface area contributed by atoms with Crippen LogP contribution in [0.5, 0.6) is 0 Å². The summed E-state index contributed by atoms with van der Waals surface area (Å²) in [5.74, 6) is 2.68. The molecule has 1 aromatic carbocycles. The van der Waals surface area contributed by atoms with Gasteiger partial charge in [0.1, 0.15) is 0 Å².